The van der Waals surface area contributed by atoms with Gasteiger partial charge in [-0.2, -0.15) is 4.98 Å². The van der Waals surface area contributed by atoms with E-state index in [1.165, 1.54) is 5.56 Å². The lowest BCUT2D eigenvalue weighted by Crippen LogP contribution is -2.35. The van der Waals surface area contributed by atoms with Crippen molar-refractivity contribution in [1.82, 2.24) is 30.2 Å². The van der Waals surface area contributed by atoms with Crippen LogP contribution in [0.15, 0.2) is 57.6 Å². The fourth-order valence-corrected chi connectivity index (χ4v) is 3.91. The third-order valence-corrected chi connectivity index (χ3v) is 5.86. The molecule has 1 fully saturated rings. The van der Waals surface area contributed by atoms with Crippen LogP contribution in [0.4, 0.5) is 0 Å². The van der Waals surface area contributed by atoms with Gasteiger partial charge in [0, 0.05) is 17.7 Å². The van der Waals surface area contributed by atoms with Crippen molar-refractivity contribution in [2.45, 2.75) is 38.6 Å². The molecule has 1 saturated heterocycles. The summed E-state index contributed by atoms with van der Waals surface area (Å²) in [5.74, 6) is 2.68. The summed E-state index contributed by atoms with van der Waals surface area (Å²) in [5.41, 5.74) is 2.87. The summed E-state index contributed by atoms with van der Waals surface area (Å²) in [5, 5.41) is 12.6. The lowest BCUT2D eigenvalue weighted by atomic mass is 9.96. The number of hydrogen-bond donors (Lipinski definition) is 0. The molecule has 8 nitrogen and oxygen atoms in total. The summed E-state index contributed by atoms with van der Waals surface area (Å²) in [6.45, 7) is 5.96. The molecule has 0 amide bonds. The van der Waals surface area contributed by atoms with Crippen LogP contribution in [-0.2, 0) is 0 Å². The van der Waals surface area contributed by atoms with Crippen LogP contribution in [0.1, 0.15) is 49.1 Å². The minimum atomic E-state index is 0.0550. The number of benzene rings is 1. The highest BCUT2D eigenvalue weighted by molar-refractivity contribution is 5.52. The third-order valence-electron chi connectivity index (χ3n) is 5.86. The van der Waals surface area contributed by atoms with Gasteiger partial charge in [0.1, 0.15) is 5.69 Å². The first-order valence-electron chi connectivity index (χ1n) is 10.6. The average molecular weight is 416 g/mol. The van der Waals surface area contributed by atoms with E-state index in [-0.39, 0.29) is 12.0 Å². The minimum absolute atomic E-state index is 0.0550. The molecule has 4 aromatic rings. The topological polar surface area (TPSA) is 94.0 Å². The Bertz CT molecular complexity index is 1130. The van der Waals surface area contributed by atoms with Crippen LogP contribution < -0.4 is 0 Å². The smallest absolute Gasteiger partial charge is 0.247 e. The molecule has 0 aliphatic carbocycles. The molecule has 0 radical (unpaired) electrons. The van der Waals surface area contributed by atoms with Crippen LogP contribution in [0.3, 0.4) is 0 Å². The van der Waals surface area contributed by atoms with E-state index in [1.54, 1.807) is 6.20 Å². The molecule has 31 heavy (non-hydrogen) atoms. The van der Waals surface area contributed by atoms with Crippen LogP contribution >= 0.6 is 0 Å². The highest BCUT2D eigenvalue weighted by Crippen LogP contribution is 2.32. The SMILES string of the molecule is Cc1ccc(-c2nnc(C(C)N3CCC(c4nc(-c5ccccn5)no4)CC3)o2)cc1. The molecule has 1 aliphatic heterocycles. The van der Waals surface area contributed by atoms with Gasteiger partial charge >= 0.3 is 0 Å². The van der Waals surface area contributed by atoms with Gasteiger partial charge in [-0.25, -0.2) is 0 Å². The first kappa shape index (κ1) is 19.6. The molecular formula is C23H24N6O2. The zero-order valence-electron chi connectivity index (χ0n) is 17.6. The molecule has 8 heteroatoms. The van der Waals surface area contributed by atoms with Crippen molar-refractivity contribution in [3.05, 3.63) is 66.0 Å². The Balaban J connectivity index is 1.22. The van der Waals surface area contributed by atoms with Crippen molar-refractivity contribution in [1.29, 1.82) is 0 Å². The quantitative estimate of drug-likeness (QED) is 0.472. The number of aromatic nitrogens is 5. The number of likely N-dealkylation sites (tertiary alicyclic amines) is 1. The molecule has 1 unspecified atom stereocenters. The van der Waals surface area contributed by atoms with Crippen LogP contribution in [0.5, 0.6) is 0 Å². The molecule has 0 saturated carbocycles. The summed E-state index contributed by atoms with van der Waals surface area (Å²) in [7, 11) is 0. The highest BCUT2D eigenvalue weighted by Gasteiger charge is 2.30. The van der Waals surface area contributed by atoms with Crippen LogP contribution in [0.25, 0.3) is 23.0 Å². The Morgan fingerprint density at radius 2 is 1.84 bits per heavy atom. The fourth-order valence-electron chi connectivity index (χ4n) is 3.91. The maximum atomic E-state index is 5.98. The zero-order valence-corrected chi connectivity index (χ0v) is 17.6. The minimum Gasteiger partial charge on any atom is -0.419 e. The van der Waals surface area contributed by atoms with Crippen LogP contribution in [-0.4, -0.2) is 43.3 Å². The van der Waals surface area contributed by atoms with E-state index in [0.717, 1.165) is 37.2 Å². The van der Waals surface area contributed by atoms with Crippen LogP contribution in [0.2, 0.25) is 0 Å². The molecule has 0 N–H and O–H groups in total. The lowest BCUT2D eigenvalue weighted by molar-refractivity contribution is 0.134. The van der Waals surface area contributed by atoms with E-state index in [9.17, 15) is 0 Å². The zero-order chi connectivity index (χ0) is 21.2. The second-order valence-electron chi connectivity index (χ2n) is 7.97. The fraction of sp³-hybridized carbons (Fsp3) is 0.348. The van der Waals surface area contributed by atoms with E-state index >= 15 is 0 Å². The predicted molar refractivity (Wildman–Crippen MR) is 114 cm³/mol. The molecule has 3 aromatic heterocycles. The molecule has 158 valence electrons. The lowest BCUT2D eigenvalue weighted by Gasteiger charge is -2.33. The largest absolute Gasteiger partial charge is 0.419 e. The van der Waals surface area contributed by atoms with Crippen LogP contribution in [0, 0.1) is 6.92 Å². The van der Waals surface area contributed by atoms with Crippen molar-refractivity contribution in [2.24, 2.45) is 0 Å². The van der Waals surface area contributed by atoms with Crippen molar-refractivity contribution in [3.63, 3.8) is 0 Å². The Kier molecular flexibility index (Phi) is 5.30. The first-order chi connectivity index (χ1) is 15.2. The van der Waals surface area contributed by atoms with E-state index in [1.807, 2.05) is 42.5 Å². The monoisotopic (exact) mass is 416 g/mol. The number of nitrogens with zero attached hydrogens (tertiary/aromatic N) is 6. The predicted octanol–water partition coefficient (Wildman–Crippen LogP) is 4.43. The number of hydrogen-bond acceptors (Lipinski definition) is 8. The van der Waals surface area contributed by atoms with Crippen molar-refractivity contribution >= 4 is 0 Å². The summed E-state index contributed by atoms with van der Waals surface area (Å²) in [6, 6.07) is 13.8. The second kappa shape index (κ2) is 8.39. The second-order valence-corrected chi connectivity index (χ2v) is 7.97. The Labute approximate surface area is 180 Å². The maximum Gasteiger partial charge on any atom is 0.247 e. The van der Waals surface area contributed by atoms with E-state index in [4.69, 9.17) is 8.94 Å². The number of aryl methyl sites for hydroxylation is 1. The molecule has 0 spiro atoms. The molecule has 1 aliphatic rings. The van der Waals surface area contributed by atoms with E-state index < -0.39 is 0 Å². The van der Waals surface area contributed by atoms with Crippen molar-refractivity contribution in [2.75, 3.05) is 13.1 Å². The molecule has 1 atom stereocenters. The number of pyridine rings is 1. The van der Waals surface area contributed by atoms with Gasteiger partial charge in [-0.05, 0) is 64.0 Å². The molecular weight excluding hydrogens is 392 g/mol. The molecule has 0 bridgehead atoms. The Morgan fingerprint density at radius 3 is 2.58 bits per heavy atom. The van der Waals surface area contributed by atoms with Crippen molar-refractivity contribution < 1.29 is 8.94 Å². The average Bonchev–Trinajstić information content (AvgIpc) is 3.50. The Hall–Kier alpha value is -3.39. The maximum absolute atomic E-state index is 5.98. The van der Waals surface area contributed by atoms with Gasteiger partial charge in [-0.15, -0.1) is 10.2 Å². The van der Waals surface area contributed by atoms with E-state index in [2.05, 4.69) is 44.1 Å². The standard InChI is InChI=1S/C23H24N6O2/c1-15-6-8-17(9-7-15)23-27-26-21(30-23)16(2)29-13-10-18(11-14-29)22-25-20(28-31-22)19-5-3-4-12-24-19/h3-9,12,16,18H,10-11,13-14H2,1-2H3. The summed E-state index contributed by atoms with van der Waals surface area (Å²) in [6.07, 6.45) is 3.60. The van der Waals surface area contributed by atoms with Gasteiger partial charge in [0.05, 0.1) is 6.04 Å². The summed E-state index contributed by atoms with van der Waals surface area (Å²) >= 11 is 0. The molecule has 1 aromatic carbocycles. The Morgan fingerprint density at radius 1 is 1.03 bits per heavy atom. The van der Waals surface area contributed by atoms with Gasteiger partial charge in [-0.1, -0.05) is 28.9 Å². The first-order valence-corrected chi connectivity index (χ1v) is 10.6. The van der Waals surface area contributed by atoms with Gasteiger partial charge < -0.3 is 8.94 Å². The van der Waals surface area contributed by atoms with Gasteiger partial charge in [0.2, 0.25) is 23.5 Å². The molecule has 5 rings (SSSR count). The van der Waals surface area contributed by atoms with Gasteiger partial charge in [0.15, 0.2) is 0 Å². The third kappa shape index (κ3) is 4.11. The molecule has 4 heterocycles. The van der Waals surface area contributed by atoms with Crippen molar-refractivity contribution in [3.8, 4) is 23.0 Å². The summed E-state index contributed by atoms with van der Waals surface area (Å²) < 4.78 is 11.5. The van der Waals surface area contributed by atoms with Gasteiger partial charge in [-0.3, -0.25) is 9.88 Å². The number of piperidine rings is 1. The number of rotatable bonds is 5. The summed E-state index contributed by atoms with van der Waals surface area (Å²) in [4.78, 5) is 11.2. The van der Waals surface area contributed by atoms with E-state index in [0.29, 0.717) is 23.5 Å². The normalized spacial score (nSPS) is 16.5. The highest BCUT2D eigenvalue weighted by atomic mass is 16.5. The van der Waals surface area contributed by atoms with Gasteiger partial charge in [0.25, 0.3) is 0 Å².